The third-order valence-electron chi connectivity index (χ3n) is 3.60. The molecule has 0 aliphatic rings. The van der Waals surface area contributed by atoms with Gasteiger partial charge in [0.15, 0.2) is 9.84 Å². The van der Waals surface area contributed by atoms with Crippen molar-refractivity contribution in [3.05, 3.63) is 87.2 Å². The summed E-state index contributed by atoms with van der Waals surface area (Å²) in [6, 6.07) is 12.1. The molecule has 0 aromatic heterocycles. The molecule has 2 aromatic rings. The van der Waals surface area contributed by atoms with Gasteiger partial charge in [-0.2, -0.15) is 0 Å². The minimum Gasteiger partial charge on any atom is -0.379 e. The molecule has 10 heteroatoms. The van der Waals surface area contributed by atoms with Crippen molar-refractivity contribution < 1.29 is 26.5 Å². The van der Waals surface area contributed by atoms with Crippen LogP contribution < -0.4 is 0 Å². The number of methoxy groups -OCH3 is 1. The highest BCUT2D eigenvalue weighted by Gasteiger charge is 2.21. The van der Waals surface area contributed by atoms with E-state index in [1.54, 1.807) is 18.2 Å². The zero-order valence-corrected chi connectivity index (χ0v) is 16.4. The molecule has 0 N–H and O–H groups in total. The first-order chi connectivity index (χ1) is 13.2. The molecule has 0 saturated heterocycles. The van der Waals surface area contributed by atoms with Gasteiger partial charge in [0.2, 0.25) is 9.84 Å². The molecule has 0 heterocycles. The lowest BCUT2D eigenvalue weighted by molar-refractivity contribution is -0.384. The number of non-ortho nitro benzene ring substituents is 1. The Labute approximate surface area is 162 Å². The van der Waals surface area contributed by atoms with Gasteiger partial charge >= 0.3 is 0 Å². The monoisotopic (exact) mass is 423 g/mol. The number of nitro groups is 1. The maximum absolute atomic E-state index is 12.7. The minimum absolute atomic E-state index is 0.0752. The maximum Gasteiger partial charge on any atom is 0.269 e. The van der Waals surface area contributed by atoms with E-state index in [1.165, 1.54) is 19.2 Å². The molecule has 2 rings (SSSR count). The van der Waals surface area contributed by atoms with Crippen LogP contribution >= 0.6 is 0 Å². The van der Waals surface area contributed by atoms with E-state index in [9.17, 15) is 26.9 Å². The van der Waals surface area contributed by atoms with Crippen LogP contribution in [0.3, 0.4) is 0 Å². The fourth-order valence-corrected chi connectivity index (χ4v) is 4.50. The van der Waals surface area contributed by atoms with Gasteiger partial charge in [-0.1, -0.05) is 18.2 Å². The Bertz CT molecular complexity index is 1100. The lowest BCUT2D eigenvalue weighted by Crippen LogP contribution is -2.09. The van der Waals surface area contributed by atoms with E-state index in [1.807, 2.05) is 0 Å². The summed E-state index contributed by atoms with van der Waals surface area (Å²) in [4.78, 5) is 9.79. The smallest absolute Gasteiger partial charge is 0.269 e. The predicted molar refractivity (Wildman–Crippen MR) is 103 cm³/mol. The summed E-state index contributed by atoms with van der Waals surface area (Å²) in [5.41, 5.74) is -0.245. The molecule has 8 nitrogen and oxygen atoms in total. The van der Waals surface area contributed by atoms with Crippen LogP contribution in [-0.2, 0) is 24.4 Å². The van der Waals surface area contributed by atoms with Gasteiger partial charge < -0.3 is 4.74 Å². The Morgan fingerprint density at radius 3 is 2.14 bits per heavy atom. The van der Waals surface area contributed by atoms with E-state index in [2.05, 4.69) is 0 Å². The summed E-state index contributed by atoms with van der Waals surface area (Å²) in [6.07, 6.45) is 2.24. The number of rotatable bonds is 8. The normalized spacial score (nSPS) is 13.0. The standard InChI is InChI=1S/C18H17NO7S2/c1-26-14-18(8-5-13-27(22,23)16-6-3-2-4-7-16)28(24,25)17-11-9-15(10-12-17)19(20)21/h2-13H,14H2,1H3/b13-5+,18-8+. The van der Waals surface area contributed by atoms with Crippen LogP contribution in [0.4, 0.5) is 5.69 Å². The summed E-state index contributed by atoms with van der Waals surface area (Å²) in [7, 11) is -6.46. The van der Waals surface area contributed by atoms with Gasteiger partial charge in [-0.25, -0.2) is 16.8 Å². The van der Waals surface area contributed by atoms with Crippen molar-refractivity contribution in [2.75, 3.05) is 13.7 Å². The van der Waals surface area contributed by atoms with Gasteiger partial charge in [-0.15, -0.1) is 0 Å². The number of nitro benzene ring substituents is 1. The SMILES string of the molecule is COC/C(=C\C=C\S(=O)(=O)c1ccccc1)S(=O)(=O)c1ccc([N+](=O)[O-])cc1. The van der Waals surface area contributed by atoms with Crippen LogP contribution in [0.15, 0.2) is 86.9 Å². The molecular weight excluding hydrogens is 406 g/mol. The van der Waals surface area contributed by atoms with Crippen molar-refractivity contribution in [3.8, 4) is 0 Å². The maximum atomic E-state index is 12.7. The molecule has 0 saturated carbocycles. The second kappa shape index (κ2) is 8.91. The largest absolute Gasteiger partial charge is 0.379 e. The van der Waals surface area contributed by atoms with Crippen LogP contribution in [-0.4, -0.2) is 35.5 Å². The molecule has 148 valence electrons. The fourth-order valence-electron chi connectivity index (χ4n) is 2.19. The van der Waals surface area contributed by atoms with E-state index < -0.39 is 24.6 Å². The van der Waals surface area contributed by atoms with Gasteiger partial charge in [-0.3, -0.25) is 10.1 Å². The summed E-state index contributed by atoms with van der Waals surface area (Å²) in [5, 5.41) is 11.6. The third-order valence-corrected chi connectivity index (χ3v) is 6.88. The molecule has 2 aromatic carbocycles. The molecule has 0 bridgehead atoms. The van der Waals surface area contributed by atoms with Crippen molar-refractivity contribution in [1.82, 2.24) is 0 Å². The number of ether oxygens (including phenoxy) is 1. The van der Waals surface area contributed by atoms with Gasteiger partial charge in [0.1, 0.15) is 0 Å². The number of nitrogens with zero attached hydrogens (tertiary/aromatic N) is 1. The summed E-state index contributed by atoms with van der Waals surface area (Å²) < 4.78 is 54.8. The van der Waals surface area contributed by atoms with Crippen molar-refractivity contribution >= 4 is 25.4 Å². The second-order valence-corrected chi connectivity index (χ2v) is 9.34. The average Bonchev–Trinajstić information content (AvgIpc) is 2.68. The first-order valence-corrected chi connectivity index (χ1v) is 10.9. The van der Waals surface area contributed by atoms with E-state index in [4.69, 9.17) is 4.74 Å². The van der Waals surface area contributed by atoms with E-state index in [-0.39, 0.29) is 27.0 Å². The van der Waals surface area contributed by atoms with Crippen LogP contribution in [0.1, 0.15) is 0 Å². The van der Waals surface area contributed by atoms with Crippen molar-refractivity contribution in [1.29, 1.82) is 0 Å². The quantitative estimate of drug-likeness (QED) is 0.363. The fraction of sp³-hybridized carbons (Fsp3) is 0.111. The van der Waals surface area contributed by atoms with E-state index in [0.717, 1.165) is 41.8 Å². The molecule has 0 amide bonds. The summed E-state index contributed by atoms with van der Waals surface area (Å²) in [6.45, 7) is -0.297. The van der Waals surface area contributed by atoms with Crippen LogP contribution in [0.5, 0.6) is 0 Å². The first-order valence-electron chi connectivity index (χ1n) is 7.84. The highest BCUT2D eigenvalue weighted by Crippen LogP contribution is 2.22. The topological polar surface area (TPSA) is 121 Å². The Balaban J connectivity index is 2.36. The molecule has 0 radical (unpaired) electrons. The first kappa shape index (κ1) is 21.5. The number of hydrogen-bond donors (Lipinski definition) is 0. The highest BCUT2D eigenvalue weighted by atomic mass is 32.2. The Morgan fingerprint density at radius 1 is 1.00 bits per heavy atom. The summed E-state index contributed by atoms with van der Waals surface area (Å²) >= 11 is 0. The minimum atomic E-state index is -4.02. The predicted octanol–water partition coefficient (Wildman–Crippen LogP) is 2.89. The Morgan fingerprint density at radius 2 is 1.61 bits per heavy atom. The van der Waals surface area contributed by atoms with Gasteiger partial charge in [0.25, 0.3) is 5.69 Å². The molecule has 0 aliphatic heterocycles. The van der Waals surface area contributed by atoms with E-state index >= 15 is 0 Å². The van der Waals surface area contributed by atoms with Crippen molar-refractivity contribution in [2.24, 2.45) is 0 Å². The molecule has 0 spiro atoms. The van der Waals surface area contributed by atoms with Crippen molar-refractivity contribution in [2.45, 2.75) is 9.79 Å². The van der Waals surface area contributed by atoms with Crippen LogP contribution in [0.2, 0.25) is 0 Å². The highest BCUT2D eigenvalue weighted by molar-refractivity contribution is 7.95. The average molecular weight is 423 g/mol. The number of benzene rings is 2. The van der Waals surface area contributed by atoms with Gasteiger partial charge in [0, 0.05) is 24.7 Å². The second-order valence-electron chi connectivity index (χ2n) is 5.51. The molecule has 0 unspecified atom stereocenters. The number of hydrogen-bond acceptors (Lipinski definition) is 7. The van der Waals surface area contributed by atoms with Gasteiger partial charge in [-0.05, 0) is 36.4 Å². The summed E-state index contributed by atoms with van der Waals surface area (Å²) in [5.74, 6) is 0. The number of allylic oxidation sites excluding steroid dienone is 2. The number of sulfone groups is 2. The Kier molecular flexibility index (Phi) is 6.84. The third kappa shape index (κ3) is 5.12. The zero-order valence-electron chi connectivity index (χ0n) is 14.8. The van der Waals surface area contributed by atoms with E-state index in [0.29, 0.717) is 0 Å². The van der Waals surface area contributed by atoms with Crippen LogP contribution in [0, 0.1) is 10.1 Å². The zero-order chi connectivity index (χ0) is 20.8. The van der Waals surface area contributed by atoms with Crippen LogP contribution in [0.25, 0.3) is 0 Å². The molecule has 28 heavy (non-hydrogen) atoms. The Hall–Kier alpha value is -2.82. The lowest BCUT2D eigenvalue weighted by atomic mass is 10.3. The van der Waals surface area contributed by atoms with Gasteiger partial charge in [0.05, 0.1) is 26.2 Å². The molecular formula is C18H17NO7S2. The van der Waals surface area contributed by atoms with Crippen molar-refractivity contribution in [3.63, 3.8) is 0 Å². The molecule has 0 atom stereocenters. The lowest BCUT2D eigenvalue weighted by Gasteiger charge is -2.08. The molecule has 0 fully saturated rings. The molecule has 0 aliphatic carbocycles.